The molecule has 1 aliphatic rings. The van der Waals surface area contributed by atoms with Crippen LogP contribution >= 0.6 is 0 Å². The first-order valence-electron chi connectivity index (χ1n) is 8.95. The van der Waals surface area contributed by atoms with Crippen molar-refractivity contribution < 1.29 is 23.8 Å². The topological polar surface area (TPSA) is 106 Å². The number of imidazole rings is 1. The van der Waals surface area contributed by atoms with Crippen LogP contribution in [0.5, 0.6) is 11.5 Å². The molecule has 1 aromatic carbocycles. The summed E-state index contributed by atoms with van der Waals surface area (Å²) >= 11 is 0. The van der Waals surface area contributed by atoms with E-state index in [4.69, 9.17) is 9.47 Å². The number of nitrogens with zero attached hydrogens (tertiary/aromatic N) is 2. The van der Waals surface area contributed by atoms with Gasteiger partial charge in [0.25, 0.3) is 0 Å². The van der Waals surface area contributed by atoms with E-state index >= 15 is 0 Å². The molecule has 9 heteroatoms. The third-order valence-electron chi connectivity index (χ3n) is 4.75. The van der Waals surface area contributed by atoms with Crippen LogP contribution in [0.3, 0.4) is 0 Å². The van der Waals surface area contributed by atoms with E-state index in [1.165, 1.54) is 7.11 Å². The second-order valence-electron chi connectivity index (χ2n) is 6.25. The minimum absolute atomic E-state index is 0.108. The molecule has 1 aliphatic heterocycles. The second-order valence-corrected chi connectivity index (χ2v) is 6.25. The molecule has 1 aromatic heterocycles. The average Bonchev–Trinajstić information content (AvgIpc) is 3.20. The average molecular weight is 388 g/mol. The van der Waals surface area contributed by atoms with E-state index in [1.54, 1.807) is 31.5 Å². The Bertz CT molecular complexity index is 851. The zero-order valence-corrected chi connectivity index (χ0v) is 16.2. The number of carbonyl (C=O) groups is 2. The molecule has 0 spiro atoms. The molecule has 2 N–H and O–H groups in total. The van der Waals surface area contributed by atoms with E-state index in [0.29, 0.717) is 24.5 Å². The predicted octanol–water partition coefficient (Wildman–Crippen LogP) is 1.65. The van der Waals surface area contributed by atoms with Crippen molar-refractivity contribution in [2.45, 2.75) is 18.9 Å². The third-order valence-corrected chi connectivity index (χ3v) is 4.75. The van der Waals surface area contributed by atoms with Crippen LogP contribution in [-0.4, -0.2) is 61.3 Å². The molecule has 2 aromatic rings. The zero-order chi connectivity index (χ0) is 20.1. The summed E-state index contributed by atoms with van der Waals surface area (Å²) in [6, 6.07) is 4.82. The number of hydrogen-bond acceptors (Lipinski definition) is 6. The second kappa shape index (κ2) is 8.64. The fraction of sp³-hybridized carbons (Fsp3) is 0.421. The molecule has 0 fully saturated rings. The number of carbonyl (C=O) groups excluding carboxylic acids is 2. The number of para-hydroxylation sites is 1. The lowest BCUT2D eigenvalue weighted by Gasteiger charge is -2.36. The van der Waals surface area contributed by atoms with E-state index in [2.05, 4.69) is 20.0 Å². The third kappa shape index (κ3) is 3.73. The molecular weight excluding hydrogens is 364 g/mol. The Kier molecular flexibility index (Phi) is 6.03. The molecule has 3 rings (SSSR count). The number of rotatable bonds is 6. The Morgan fingerprint density at radius 2 is 2.11 bits per heavy atom. The number of aromatic amines is 1. The van der Waals surface area contributed by atoms with E-state index < -0.39 is 6.04 Å². The van der Waals surface area contributed by atoms with Crippen molar-refractivity contribution in [1.29, 1.82) is 0 Å². The van der Waals surface area contributed by atoms with Crippen molar-refractivity contribution in [3.05, 3.63) is 41.5 Å². The maximum Gasteiger partial charge on any atom is 0.318 e. The monoisotopic (exact) mass is 388 g/mol. The van der Waals surface area contributed by atoms with Crippen LogP contribution in [0, 0.1) is 0 Å². The highest BCUT2D eigenvalue weighted by Gasteiger charge is 2.36. The molecule has 150 valence electrons. The molecule has 0 saturated carbocycles. The van der Waals surface area contributed by atoms with Gasteiger partial charge in [-0.3, -0.25) is 4.79 Å². The molecule has 0 bridgehead atoms. The summed E-state index contributed by atoms with van der Waals surface area (Å²) in [5.41, 5.74) is 2.52. The van der Waals surface area contributed by atoms with Crippen LogP contribution in [0.15, 0.2) is 24.5 Å². The molecule has 1 unspecified atom stereocenters. The van der Waals surface area contributed by atoms with Gasteiger partial charge in [-0.15, -0.1) is 0 Å². The lowest BCUT2D eigenvalue weighted by Crippen LogP contribution is -2.46. The number of nitrogens with one attached hydrogen (secondary N) is 2. The number of methoxy groups -OCH3 is 3. The van der Waals surface area contributed by atoms with Crippen molar-refractivity contribution in [1.82, 2.24) is 20.2 Å². The summed E-state index contributed by atoms with van der Waals surface area (Å²) in [4.78, 5) is 33.5. The number of aromatic nitrogens is 2. The maximum absolute atomic E-state index is 12.9. The fourth-order valence-corrected chi connectivity index (χ4v) is 3.41. The molecule has 9 nitrogen and oxygen atoms in total. The van der Waals surface area contributed by atoms with Gasteiger partial charge < -0.3 is 29.4 Å². The van der Waals surface area contributed by atoms with Gasteiger partial charge in [-0.25, -0.2) is 9.78 Å². The molecule has 0 radical (unpaired) electrons. The SMILES string of the molecule is COC(=O)CCNC(=O)N1CCc2[nH]cnc2C1c1cccc(OC)c1OC. The summed E-state index contributed by atoms with van der Waals surface area (Å²) in [6.07, 6.45) is 2.39. The number of urea groups is 1. The summed E-state index contributed by atoms with van der Waals surface area (Å²) in [6.45, 7) is 0.682. The van der Waals surface area contributed by atoms with Gasteiger partial charge >= 0.3 is 12.0 Å². The molecule has 28 heavy (non-hydrogen) atoms. The van der Waals surface area contributed by atoms with Gasteiger partial charge in [0.05, 0.1) is 39.8 Å². The lowest BCUT2D eigenvalue weighted by molar-refractivity contribution is -0.140. The van der Waals surface area contributed by atoms with Crippen molar-refractivity contribution in [2.24, 2.45) is 0 Å². The molecule has 1 atom stereocenters. The Morgan fingerprint density at radius 3 is 2.82 bits per heavy atom. The fourth-order valence-electron chi connectivity index (χ4n) is 3.41. The molecule has 2 amide bonds. The van der Waals surface area contributed by atoms with Gasteiger partial charge in [-0.05, 0) is 6.07 Å². The first-order valence-corrected chi connectivity index (χ1v) is 8.95. The first kappa shape index (κ1) is 19.5. The number of fused-ring (bicyclic) bond motifs is 1. The van der Waals surface area contributed by atoms with Gasteiger partial charge in [0.1, 0.15) is 6.04 Å². The summed E-state index contributed by atoms with van der Waals surface area (Å²) in [7, 11) is 4.45. The number of benzene rings is 1. The van der Waals surface area contributed by atoms with E-state index in [1.807, 2.05) is 12.1 Å². The van der Waals surface area contributed by atoms with Crippen LogP contribution in [-0.2, 0) is 16.0 Å². The number of hydrogen-bond donors (Lipinski definition) is 2. The lowest BCUT2D eigenvalue weighted by atomic mass is 9.95. The molecule has 0 aliphatic carbocycles. The number of amides is 2. The molecule has 2 heterocycles. The summed E-state index contributed by atoms with van der Waals surface area (Å²) < 4.78 is 15.6. The number of H-pyrrole nitrogens is 1. The Balaban J connectivity index is 1.93. The Labute approximate surface area is 163 Å². The molecular formula is C19H24N4O5. The van der Waals surface area contributed by atoms with Crippen molar-refractivity contribution >= 4 is 12.0 Å². The largest absolute Gasteiger partial charge is 0.493 e. The maximum atomic E-state index is 12.9. The van der Waals surface area contributed by atoms with Gasteiger partial charge in [-0.2, -0.15) is 0 Å². The highest BCUT2D eigenvalue weighted by Crippen LogP contribution is 2.41. The van der Waals surface area contributed by atoms with E-state index in [0.717, 1.165) is 17.0 Å². The zero-order valence-electron chi connectivity index (χ0n) is 16.2. The quantitative estimate of drug-likeness (QED) is 0.729. The summed E-state index contributed by atoms with van der Waals surface area (Å²) in [5.74, 6) is 0.756. The first-order chi connectivity index (χ1) is 13.6. The summed E-state index contributed by atoms with van der Waals surface area (Å²) in [5, 5.41) is 2.78. The predicted molar refractivity (Wildman–Crippen MR) is 100 cm³/mol. The Hall–Kier alpha value is -3.23. The van der Waals surface area contributed by atoms with E-state index in [-0.39, 0.29) is 25.0 Å². The van der Waals surface area contributed by atoms with Crippen LogP contribution in [0.1, 0.15) is 29.4 Å². The van der Waals surface area contributed by atoms with Gasteiger partial charge in [0.15, 0.2) is 11.5 Å². The highest BCUT2D eigenvalue weighted by molar-refractivity contribution is 5.77. The van der Waals surface area contributed by atoms with Gasteiger partial charge in [0, 0.05) is 30.8 Å². The van der Waals surface area contributed by atoms with Crippen LogP contribution in [0.2, 0.25) is 0 Å². The van der Waals surface area contributed by atoms with Gasteiger partial charge in [0.2, 0.25) is 0 Å². The van der Waals surface area contributed by atoms with Crippen LogP contribution < -0.4 is 14.8 Å². The smallest absolute Gasteiger partial charge is 0.318 e. The standard InChI is InChI=1S/C19H24N4O5/c1-26-14-6-4-5-12(18(14)28-3)17-16-13(21-11-22-16)8-10-23(17)19(25)20-9-7-15(24)27-2/h4-6,11,17H,7-10H2,1-3H3,(H,20,25)(H,21,22). The van der Waals surface area contributed by atoms with Crippen LogP contribution in [0.4, 0.5) is 4.79 Å². The minimum Gasteiger partial charge on any atom is -0.493 e. The van der Waals surface area contributed by atoms with Crippen molar-refractivity contribution in [3.63, 3.8) is 0 Å². The highest BCUT2D eigenvalue weighted by atomic mass is 16.5. The minimum atomic E-state index is -0.446. The number of esters is 1. The Morgan fingerprint density at radius 1 is 1.29 bits per heavy atom. The molecule has 0 saturated heterocycles. The van der Waals surface area contributed by atoms with Crippen molar-refractivity contribution in [2.75, 3.05) is 34.4 Å². The van der Waals surface area contributed by atoms with E-state index in [9.17, 15) is 9.59 Å². The van der Waals surface area contributed by atoms with Crippen molar-refractivity contribution in [3.8, 4) is 11.5 Å². The van der Waals surface area contributed by atoms with Crippen LogP contribution in [0.25, 0.3) is 0 Å². The number of ether oxygens (including phenoxy) is 3. The normalized spacial score (nSPS) is 15.5. The van der Waals surface area contributed by atoms with Gasteiger partial charge in [-0.1, -0.05) is 12.1 Å².